The van der Waals surface area contributed by atoms with Crippen LogP contribution in [0.5, 0.6) is 5.75 Å². The highest BCUT2D eigenvalue weighted by molar-refractivity contribution is 5.85. The van der Waals surface area contributed by atoms with Crippen molar-refractivity contribution in [3.8, 4) is 5.75 Å². The number of nitrogens with zero attached hydrogens (tertiary/aromatic N) is 2. The second kappa shape index (κ2) is 8.52. The first-order valence-electron chi connectivity index (χ1n) is 8.12. The van der Waals surface area contributed by atoms with Crippen molar-refractivity contribution in [1.82, 2.24) is 15.1 Å². The molecular weight excluding hydrogens is 314 g/mol. The fourth-order valence-corrected chi connectivity index (χ4v) is 3.32. The van der Waals surface area contributed by atoms with Crippen LogP contribution in [0.15, 0.2) is 24.3 Å². The molecule has 5 nitrogen and oxygen atoms in total. The smallest absolute Gasteiger partial charge is 0.227 e. The van der Waals surface area contributed by atoms with Crippen molar-refractivity contribution >= 4 is 18.3 Å². The van der Waals surface area contributed by atoms with Crippen LogP contribution in [0.3, 0.4) is 0 Å². The molecule has 23 heavy (non-hydrogen) atoms. The average Bonchev–Trinajstić information content (AvgIpc) is 3.10. The van der Waals surface area contributed by atoms with Gasteiger partial charge in [0.25, 0.3) is 0 Å². The van der Waals surface area contributed by atoms with Gasteiger partial charge in [-0.3, -0.25) is 9.69 Å². The average molecular weight is 340 g/mol. The second-order valence-corrected chi connectivity index (χ2v) is 6.09. The summed E-state index contributed by atoms with van der Waals surface area (Å²) in [4.78, 5) is 16.9. The number of carbonyl (C=O) groups excluding carboxylic acids is 1. The van der Waals surface area contributed by atoms with Crippen LogP contribution in [0.1, 0.15) is 12.0 Å². The van der Waals surface area contributed by atoms with Crippen LogP contribution in [-0.2, 0) is 11.2 Å². The fraction of sp³-hybridized carbons (Fsp3) is 0.588. The lowest BCUT2D eigenvalue weighted by Gasteiger charge is -2.37. The summed E-state index contributed by atoms with van der Waals surface area (Å²) in [6.45, 7) is 5.93. The Kier molecular flexibility index (Phi) is 6.69. The summed E-state index contributed by atoms with van der Waals surface area (Å²) in [5.41, 5.74) is 1.05. The lowest BCUT2D eigenvalue weighted by molar-refractivity contribution is -0.132. The Morgan fingerprint density at radius 3 is 2.48 bits per heavy atom. The van der Waals surface area contributed by atoms with Crippen LogP contribution in [0.2, 0.25) is 0 Å². The lowest BCUT2D eigenvalue weighted by Crippen LogP contribution is -2.52. The number of ether oxygens (including phenoxy) is 1. The number of nitrogens with one attached hydrogen (secondary N) is 1. The molecule has 1 N–H and O–H groups in total. The predicted molar refractivity (Wildman–Crippen MR) is 93.4 cm³/mol. The Bertz CT molecular complexity index is 495. The van der Waals surface area contributed by atoms with E-state index in [0.717, 1.165) is 50.6 Å². The molecular formula is C17H26ClN3O2. The van der Waals surface area contributed by atoms with Crippen LogP contribution in [0.4, 0.5) is 0 Å². The van der Waals surface area contributed by atoms with Crippen molar-refractivity contribution < 1.29 is 9.53 Å². The molecule has 0 aliphatic carbocycles. The maximum atomic E-state index is 12.4. The van der Waals surface area contributed by atoms with Crippen LogP contribution in [0, 0.1) is 0 Å². The normalized spacial score (nSPS) is 21.8. The molecule has 2 heterocycles. The molecule has 3 rings (SSSR count). The minimum atomic E-state index is 0. The summed E-state index contributed by atoms with van der Waals surface area (Å²) in [7, 11) is 1.65. The Labute approximate surface area is 144 Å². The summed E-state index contributed by atoms with van der Waals surface area (Å²) in [5, 5.41) is 3.41. The molecule has 2 aliphatic heterocycles. The van der Waals surface area contributed by atoms with Gasteiger partial charge in [-0.05, 0) is 30.7 Å². The van der Waals surface area contributed by atoms with E-state index in [1.165, 1.54) is 6.42 Å². The summed E-state index contributed by atoms with van der Waals surface area (Å²) < 4.78 is 5.15. The van der Waals surface area contributed by atoms with Crippen LogP contribution in [-0.4, -0.2) is 68.1 Å². The van der Waals surface area contributed by atoms with E-state index in [1.807, 2.05) is 29.2 Å². The van der Waals surface area contributed by atoms with Gasteiger partial charge in [-0.25, -0.2) is 0 Å². The summed E-state index contributed by atoms with van der Waals surface area (Å²) >= 11 is 0. The van der Waals surface area contributed by atoms with Gasteiger partial charge in [0, 0.05) is 38.8 Å². The van der Waals surface area contributed by atoms with E-state index in [1.54, 1.807) is 7.11 Å². The zero-order chi connectivity index (χ0) is 15.4. The number of amides is 1. The molecule has 128 valence electrons. The number of rotatable bonds is 4. The number of hydrogen-bond acceptors (Lipinski definition) is 4. The van der Waals surface area contributed by atoms with Crippen LogP contribution >= 0.6 is 12.4 Å². The largest absolute Gasteiger partial charge is 0.497 e. The van der Waals surface area contributed by atoms with Crippen molar-refractivity contribution in [1.29, 1.82) is 0 Å². The first-order valence-corrected chi connectivity index (χ1v) is 8.12. The summed E-state index contributed by atoms with van der Waals surface area (Å²) in [6, 6.07) is 8.43. The Hall–Kier alpha value is -1.30. The fourth-order valence-electron chi connectivity index (χ4n) is 3.32. The van der Waals surface area contributed by atoms with Gasteiger partial charge in [0.15, 0.2) is 0 Å². The number of halogens is 1. The number of benzene rings is 1. The zero-order valence-corrected chi connectivity index (χ0v) is 14.5. The minimum absolute atomic E-state index is 0. The summed E-state index contributed by atoms with van der Waals surface area (Å²) in [6.07, 6.45) is 1.72. The molecule has 6 heteroatoms. The highest BCUT2D eigenvalue weighted by Gasteiger charge is 2.27. The van der Waals surface area contributed by atoms with Gasteiger partial charge in [-0.1, -0.05) is 12.1 Å². The van der Waals surface area contributed by atoms with Crippen molar-refractivity contribution in [2.45, 2.75) is 18.9 Å². The molecule has 0 radical (unpaired) electrons. The molecule has 1 atom stereocenters. The molecule has 1 aromatic rings. The van der Waals surface area contributed by atoms with Gasteiger partial charge >= 0.3 is 0 Å². The molecule has 1 unspecified atom stereocenters. The molecule has 1 amide bonds. The van der Waals surface area contributed by atoms with E-state index in [2.05, 4.69) is 10.2 Å². The Balaban J connectivity index is 0.00000192. The van der Waals surface area contributed by atoms with E-state index in [4.69, 9.17) is 4.74 Å². The van der Waals surface area contributed by atoms with Crippen LogP contribution in [0.25, 0.3) is 0 Å². The molecule has 0 spiro atoms. The number of piperazine rings is 1. The third kappa shape index (κ3) is 4.59. The maximum Gasteiger partial charge on any atom is 0.227 e. The quantitative estimate of drug-likeness (QED) is 0.894. The SMILES string of the molecule is COc1ccc(CC(=O)N2CCN(C3CCNC3)CC2)cc1.Cl. The van der Waals surface area contributed by atoms with Crippen molar-refractivity contribution in [2.24, 2.45) is 0 Å². The number of hydrogen-bond donors (Lipinski definition) is 1. The van der Waals surface area contributed by atoms with Crippen molar-refractivity contribution in [3.05, 3.63) is 29.8 Å². The molecule has 0 bridgehead atoms. The predicted octanol–water partition coefficient (Wildman–Crippen LogP) is 1.17. The van der Waals surface area contributed by atoms with E-state index in [-0.39, 0.29) is 18.3 Å². The zero-order valence-electron chi connectivity index (χ0n) is 13.7. The van der Waals surface area contributed by atoms with E-state index in [0.29, 0.717) is 12.5 Å². The second-order valence-electron chi connectivity index (χ2n) is 6.09. The standard InChI is InChI=1S/C17H25N3O2.ClH/c1-22-16-4-2-14(3-5-16)12-17(21)20-10-8-19(9-11-20)15-6-7-18-13-15;/h2-5,15,18H,6-13H2,1H3;1H. The van der Waals surface area contributed by atoms with Gasteiger partial charge < -0.3 is 15.0 Å². The molecule has 2 aliphatic rings. The third-order valence-electron chi connectivity index (χ3n) is 4.73. The molecule has 1 aromatic carbocycles. The molecule has 2 saturated heterocycles. The topological polar surface area (TPSA) is 44.8 Å². The molecule has 0 saturated carbocycles. The highest BCUT2D eigenvalue weighted by atomic mass is 35.5. The van der Waals surface area contributed by atoms with Crippen molar-refractivity contribution in [3.63, 3.8) is 0 Å². The lowest BCUT2D eigenvalue weighted by atomic mass is 10.1. The van der Waals surface area contributed by atoms with Gasteiger partial charge in [0.05, 0.1) is 13.5 Å². The number of carbonyl (C=O) groups is 1. The maximum absolute atomic E-state index is 12.4. The third-order valence-corrected chi connectivity index (χ3v) is 4.73. The van der Waals surface area contributed by atoms with E-state index >= 15 is 0 Å². The van der Waals surface area contributed by atoms with Gasteiger partial charge in [-0.15, -0.1) is 12.4 Å². The molecule has 0 aromatic heterocycles. The van der Waals surface area contributed by atoms with Gasteiger partial charge in [0.2, 0.25) is 5.91 Å². The first kappa shape index (κ1) is 18.0. The minimum Gasteiger partial charge on any atom is -0.497 e. The van der Waals surface area contributed by atoms with Gasteiger partial charge in [-0.2, -0.15) is 0 Å². The number of methoxy groups -OCH3 is 1. The van der Waals surface area contributed by atoms with E-state index < -0.39 is 0 Å². The Morgan fingerprint density at radius 1 is 1.22 bits per heavy atom. The highest BCUT2D eigenvalue weighted by Crippen LogP contribution is 2.15. The summed E-state index contributed by atoms with van der Waals surface area (Å²) in [5.74, 6) is 1.06. The van der Waals surface area contributed by atoms with E-state index in [9.17, 15) is 4.79 Å². The Morgan fingerprint density at radius 2 is 1.91 bits per heavy atom. The van der Waals surface area contributed by atoms with Crippen molar-refractivity contribution in [2.75, 3.05) is 46.4 Å². The monoisotopic (exact) mass is 339 g/mol. The molecule has 2 fully saturated rings. The van der Waals surface area contributed by atoms with Gasteiger partial charge in [0.1, 0.15) is 5.75 Å². The van der Waals surface area contributed by atoms with Crippen LogP contribution < -0.4 is 10.1 Å². The first-order chi connectivity index (χ1) is 10.8.